The molecule has 0 fully saturated rings. The second kappa shape index (κ2) is 12.4. The first-order valence-corrected chi connectivity index (χ1v) is 11.0. The summed E-state index contributed by atoms with van der Waals surface area (Å²) in [4.78, 5) is 8.42. The molecule has 0 aliphatic carbocycles. The fourth-order valence-corrected chi connectivity index (χ4v) is 4.55. The van der Waals surface area contributed by atoms with Gasteiger partial charge in [0.1, 0.15) is 0 Å². The fraction of sp³-hybridized carbons (Fsp3) is 0.500. The van der Waals surface area contributed by atoms with Gasteiger partial charge in [-0.05, 0) is 48.1 Å². The molecule has 0 amide bonds. The van der Waals surface area contributed by atoms with Gasteiger partial charge < -0.3 is 24.8 Å². The Morgan fingerprint density at radius 3 is 2.48 bits per heavy atom. The summed E-state index contributed by atoms with van der Waals surface area (Å²) in [5.74, 6) is 2.64. The lowest BCUT2D eigenvalue weighted by Crippen LogP contribution is -2.47. The molecule has 3 rings (SSSR count). The molecule has 0 saturated heterocycles. The third kappa shape index (κ3) is 6.39. The number of halogens is 1. The first kappa shape index (κ1) is 25.5. The number of rotatable bonds is 8. The van der Waals surface area contributed by atoms with Crippen molar-refractivity contribution in [2.24, 2.45) is 4.99 Å². The van der Waals surface area contributed by atoms with Crippen molar-refractivity contribution in [3.05, 3.63) is 39.6 Å². The molecule has 1 aliphatic rings. The van der Waals surface area contributed by atoms with Gasteiger partial charge in [-0.25, -0.2) is 0 Å². The molecule has 2 aromatic rings. The zero-order valence-corrected chi connectivity index (χ0v) is 22.0. The van der Waals surface area contributed by atoms with Crippen LogP contribution in [0.3, 0.4) is 0 Å². The number of nitrogens with one attached hydrogen (secondary N) is 2. The van der Waals surface area contributed by atoms with Crippen LogP contribution in [0.5, 0.6) is 17.2 Å². The summed E-state index contributed by atoms with van der Waals surface area (Å²) in [6.07, 6.45) is 1.14. The van der Waals surface area contributed by atoms with Crippen LogP contribution in [-0.2, 0) is 19.5 Å². The second-order valence-electron chi connectivity index (χ2n) is 7.28. The van der Waals surface area contributed by atoms with Crippen LogP contribution < -0.4 is 24.8 Å². The SMILES string of the molecule is CN=C(NCc1cc(OC)c(OC)c(OC)c1)NCC(C)N1CCc2sccc2C1.I. The predicted molar refractivity (Wildman–Crippen MR) is 138 cm³/mol. The lowest BCUT2D eigenvalue weighted by molar-refractivity contribution is 0.192. The number of guanidine groups is 1. The summed E-state index contributed by atoms with van der Waals surface area (Å²) >= 11 is 1.88. The molecule has 0 spiro atoms. The number of hydrogen-bond acceptors (Lipinski definition) is 6. The van der Waals surface area contributed by atoms with Gasteiger partial charge in [-0.3, -0.25) is 9.89 Å². The largest absolute Gasteiger partial charge is 0.493 e. The van der Waals surface area contributed by atoms with Gasteiger partial charge in [0.2, 0.25) is 5.75 Å². The summed E-state index contributed by atoms with van der Waals surface area (Å²) in [6, 6.07) is 6.55. The standard InChI is InChI=1S/C22H32N4O3S.HI/c1-15(26-8-6-20-17(14-26)7-9-30-20)12-24-22(23-2)25-13-16-10-18(27-3)21(29-5)19(11-16)28-4;/h7,9-11,15H,6,8,12-14H2,1-5H3,(H2,23,24,25);1H. The summed E-state index contributed by atoms with van der Waals surface area (Å²) in [5, 5.41) is 9.01. The van der Waals surface area contributed by atoms with Crippen molar-refractivity contribution in [2.45, 2.75) is 32.5 Å². The Bertz CT molecular complexity index is 849. The Balaban J connectivity index is 0.00000341. The smallest absolute Gasteiger partial charge is 0.203 e. The van der Waals surface area contributed by atoms with Crippen molar-refractivity contribution in [3.8, 4) is 17.2 Å². The average molecular weight is 561 g/mol. The average Bonchev–Trinajstić information content (AvgIpc) is 3.26. The van der Waals surface area contributed by atoms with E-state index in [0.717, 1.165) is 37.6 Å². The third-order valence-electron chi connectivity index (χ3n) is 5.43. The van der Waals surface area contributed by atoms with Crippen LogP contribution in [0.2, 0.25) is 0 Å². The van der Waals surface area contributed by atoms with Gasteiger partial charge in [-0.15, -0.1) is 35.3 Å². The Kier molecular flexibility index (Phi) is 10.2. The third-order valence-corrected chi connectivity index (χ3v) is 6.46. The van der Waals surface area contributed by atoms with E-state index in [2.05, 4.69) is 38.9 Å². The molecule has 2 heterocycles. The summed E-state index contributed by atoms with van der Waals surface area (Å²) in [5.41, 5.74) is 2.49. The molecule has 31 heavy (non-hydrogen) atoms. The molecule has 0 radical (unpaired) electrons. The lowest BCUT2D eigenvalue weighted by Gasteiger charge is -2.32. The molecule has 7 nitrogen and oxygen atoms in total. The van der Waals surface area contributed by atoms with Gasteiger partial charge in [0.05, 0.1) is 21.3 Å². The Hall–Kier alpha value is -1.72. The summed E-state index contributed by atoms with van der Waals surface area (Å²) < 4.78 is 16.3. The molecule has 1 aromatic heterocycles. The Morgan fingerprint density at radius 2 is 1.87 bits per heavy atom. The van der Waals surface area contributed by atoms with Crippen LogP contribution in [0.4, 0.5) is 0 Å². The molecule has 0 bridgehead atoms. The normalized spacial score (nSPS) is 14.8. The monoisotopic (exact) mass is 560 g/mol. The molecular weight excluding hydrogens is 527 g/mol. The van der Waals surface area contributed by atoms with Crippen molar-refractivity contribution in [1.29, 1.82) is 0 Å². The maximum absolute atomic E-state index is 5.43. The molecule has 1 aliphatic heterocycles. The van der Waals surface area contributed by atoms with E-state index in [9.17, 15) is 0 Å². The molecule has 1 aromatic carbocycles. The van der Waals surface area contributed by atoms with E-state index in [0.29, 0.717) is 29.8 Å². The maximum Gasteiger partial charge on any atom is 0.203 e. The Labute approximate surface area is 206 Å². The minimum atomic E-state index is 0. The quantitative estimate of drug-likeness (QED) is 0.293. The van der Waals surface area contributed by atoms with Crippen molar-refractivity contribution in [1.82, 2.24) is 15.5 Å². The molecule has 2 N–H and O–H groups in total. The minimum absolute atomic E-state index is 0. The number of thiophene rings is 1. The minimum Gasteiger partial charge on any atom is -0.493 e. The molecule has 172 valence electrons. The van der Waals surface area contributed by atoms with Gasteiger partial charge in [-0.2, -0.15) is 0 Å². The van der Waals surface area contributed by atoms with E-state index in [-0.39, 0.29) is 24.0 Å². The summed E-state index contributed by atoms with van der Waals surface area (Å²) in [7, 11) is 6.63. The van der Waals surface area contributed by atoms with E-state index in [4.69, 9.17) is 14.2 Å². The number of aliphatic imine (C=N–C) groups is 1. The number of hydrogen-bond donors (Lipinski definition) is 2. The zero-order chi connectivity index (χ0) is 21.5. The van der Waals surface area contributed by atoms with E-state index < -0.39 is 0 Å². The first-order chi connectivity index (χ1) is 14.6. The van der Waals surface area contributed by atoms with E-state index >= 15 is 0 Å². The number of nitrogens with zero attached hydrogens (tertiary/aromatic N) is 2. The highest BCUT2D eigenvalue weighted by molar-refractivity contribution is 14.0. The highest BCUT2D eigenvalue weighted by atomic mass is 127. The fourth-order valence-electron chi connectivity index (χ4n) is 3.66. The van der Waals surface area contributed by atoms with Crippen molar-refractivity contribution in [3.63, 3.8) is 0 Å². The molecule has 1 unspecified atom stereocenters. The van der Waals surface area contributed by atoms with Gasteiger partial charge in [0.15, 0.2) is 17.5 Å². The highest BCUT2D eigenvalue weighted by Crippen LogP contribution is 2.38. The van der Waals surface area contributed by atoms with Crippen LogP contribution >= 0.6 is 35.3 Å². The van der Waals surface area contributed by atoms with E-state index in [1.54, 1.807) is 28.4 Å². The highest BCUT2D eigenvalue weighted by Gasteiger charge is 2.21. The van der Waals surface area contributed by atoms with E-state index in [1.807, 2.05) is 23.5 Å². The Morgan fingerprint density at radius 1 is 1.16 bits per heavy atom. The maximum atomic E-state index is 5.43. The van der Waals surface area contributed by atoms with Crippen LogP contribution in [0.25, 0.3) is 0 Å². The van der Waals surface area contributed by atoms with Gasteiger partial charge >= 0.3 is 0 Å². The molecule has 0 saturated carbocycles. The van der Waals surface area contributed by atoms with Crippen LogP contribution in [0, 0.1) is 0 Å². The molecule has 1 atom stereocenters. The zero-order valence-electron chi connectivity index (χ0n) is 18.9. The molecular formula is C22H33IN4O3S. The van der Waals surface area contributed by atoms with Gasteiger partial charge in [-0.1, -0.05) is 0 Å². The van der Waals surface area contributed by atoms with Crippen LogP contribution in [0.15, 0.2) is 28.6 Å². The number of benzene rings is 1. The van der Waals surface area contributed by atoms with Crippen molar-refractivity contribution in [2.75, 3.05) is 41.5 Å². The molecule has 9 heteroatoms. The number of methoxy groups -OCH3 is 3. The van der Waals surface area contributed by atoms with E-state index in [1.165, 1.54) is 10.4 Å². The second-order valence-corrected chi connectivity index (χ2v) is 8.28. The van der Waals surface area contributed by atoms with Crippen LogP contribution in [0.1, 0.15) is 22.9 Å². The van der Waals surface area contributed by atoms with Crippen molar-refractivity contribution >= 4 is 41.3 Å². The number of ether oxygens (including phenoxy) is 3. The van der Waals surface area contributed by atoms with Crippen molar-refractivity contribution < 1.29 is 14.2 Å². The van der Waals surface area contributed by atoms with Crippen LogP contribution in [-0.4, -0.2) is 58.4 Å². The van der Waals surface area contributed by atoms with Gasteiger partial charge in [0.25, 0.3) is 0 Å². The lowest BCUT2D eigenvalue weighted by atomic mass is 10.1. The predicted octanol–water partition coefficient (Wildman–Crippen LogP) is 3.50. The first-order valence-electron chi connectivity index (χ1n) is 10.1. The topological polar surface area (TPSA) is 67.4 Å². The number of fused-ring (bicyclic) bond motifs is 1. The van der Waals surface area contributed by atoms with Gasteiger partial charge in [0, 0.05) is 44.1 Å². The summed E-state index contributed by atoms with van der Waals surface area (Å²) in [6.45, 7) is 5.81.